The van der Waals surface area contributed by atoms with Gasteiger partial charge in [-0.25, -0.2) is 0 Å². The van der Waals surface area contributed by atoms with E-state index in [0.29, 0.717) is 17.2 Å². The summed E-state index contributed by atoms with van der Waals surface area (Å²) in [6.45, 7) is 0. The number of primary amides is 1. The van der Waals surface area contributed by atoms with Gasteiger partial charge in [-0.2, -0.15) is 0 Å². The Hall–Kier alpha value is -1.91. The molecule has 1 fully saturated rings. The zero-order chi connectivity index (χ0) is 15.4. The molecule has 0 aliphatic heterocycles. The third-order valence-electron chi connectivity index (χ3n) is 4.25. The minimum absolute atomic E-state index is 0.0541. The predicted octanol–water partition coefficient (Wildman–Crippen LogP) is 2.47. The lowest BCUT2D eigenvalue weighted by Gasteiger charge is -2.29. The zero-order valence-electron chi connectivity index (χ0n) is 12.8. The van der Waals surface area contributed by atoms with E-state index in [4.69, 9.17) is 19.9 Å². The van der Waals surface area contributed by atoms with E-state index in [-0.39, 0.29) is 17.7 Å². The van der Waals surface area contributed by atoms with Gasteiger partial charge in [-0.15, -0.1) is 0 Å². The van der Waals surface area contributed by atoms with Gasteiger partial charge in [0.2, 0.25) is 11.7 Å². The maximum atomic E-state index is 11.5. The molecule has 1 aromatic rings. The van der Waals surface area contributed by atoms with Crippen molar-refractivity contribution in [3.05, 3.63) is 17.7 Å². The number of methoxy groups -OCH3 is 3. The van der Waals surface area contributed by atoms with Crippen LogP contribution in [0.25, 0.3) is 0 Å². The van der Waals surface area contributed by atoms with E-state index in [2.05, 4.69) is 0 Å². The third kappa shape index (κ3) is 3.06. The van der Waals surface area contributed by atoms with Gasteiger partial charge in [-0.1, -0.05) is 12.5 Å². The Morgan fingerprint density at radius 2 is 1.81 bits per heavy atom. The monoisotopic (exact) mass is 293 g/mol. The average Bonchev–Trinajstić information content (AvgIpc) is 2.53. The van der Waals surface area contributed by atoms with Crippen molar-refractivity contribution in [3.8, 4) is 17.2 Å². The van der Waals surface area contributed by atoms with Gasteiger partial charge in [0.15, 0.2) is 11.5 Å². The largest absolute Gasteiger partial charge is 0.493 e. The lowest BCUT2D eigenvalue weighted by Crippen LogP contribution is -2.28. The summed E-state index contributed by atoms with van der Waals surface area (Å²) in [5.74, 6) is 1.91. The number of carbonyl (C=O) groups excluding carboxylic acids is 1. The van der Waals surface area contributed by atoms with Crippen LogP contribution in [-0.2, 0) is 4.79 Å². The molecule has 0 saturated heterocycles. The van der Waals surface area contributed by atoms with Crippen molar-refractivity contribution in [2.24, 2.45) is 11.7 Å². The maximum absolute atomic E-state index is 11.5. The van der Waals surface area contributed by atoms with Gasteiger partial charge in [0.1, 0.15) is 0 Å². The minimum Gasteiger partial charge on any atom is -0.493 e. The molecule has 2 rings (SSSR count). The molecular weight excluding hydrogens is 270 g/mol. The number of hydrogen-bond acceptors (Lipinski definition) is 4. The summed E-state index contributed by atoms with van der Waals surface area (Å²) in [7, 11) is 4.81. The Morgan fingerprint density at radius 1 is 1.10 bits per heavy atom. The van der Waals surface area contributed by atoms with Gasteiger partial charge in [-0.05, 0) is 31.2 Å². The molecule has 1 aromatic carbocycles. The molecule has 0 aromatic heterocycles. The van der Waals surface area contributed by atoms with E-state index in [1.54, 1.807) is 21.3 Å². The molecule has 0 bridgehead atoms. The van der Waals surface area contributed by atoms with Crippen LogP contribution in [0.4, 0.5) is 0 Å². The molecule has 1 amide bonds. The number of hydrogen-bond donors (Lipinski definition) is 1. The first-order chi connectivity index (χ1) is 10.1. The van der Waals surface area contributed by atoms with Gasteiger partial charge in [-0.3, -0.25) is 4.79 Å². The maximum Gasteiger partial charge on any atom is 0.220 e. The van der Waals surface area contributed by atoms with Gasteiger partial charge >= 0.3 is 0 Å². The van der Waals surface area contributed by atoms with Crippen molar-refractivity contribution >= 4 is 5.91 Å². The van der Waals surface area contributed by atoms with E-state index in [9.17, 15) is 4.79 Å². The highest BCUT2D eigenvalue weighted by Crippen LogP contribution is 2.46. The van der Waals surface area contributed by atoms with Gasteiger partial charge < -0.3 is 19.9 Å². The van der Waals surface area contributed by atoms with Crippen molar-refractivity contribution in [2.45, 2.75) is 31.6 Å². The molecule has 5 nitrogen and oxygen atoms in total. The van der Waals surface area contributed by atoms with Crippen LogP contribution >= 0.6 is 0 Å². The van der Waals surface area contributed by atoms with E-state index in [0.717, 1.165) is 31.2 Å². The first-order valence-electron chi connectivity index (χ1n) is 7.20. The van der Waals surface area contributed by atoms with Crippen LogP contribution in [0.2, 0.25) is 0 Å². The Bertz CT molecular complexity index is 515. The van der Waals surface area contributed by atoms with E-state index in [1.165, 1.54) is 0 Å². The second-order valence-electron chi connectivity index (χ2n) is 5.39. The molecule has 2 N–H and O–H groups in total. The lowest BCUT2D eigenvalue weighted by atomic mass is 9.77. The summed E-state index contributed by atoms with van der Waals surface area (Å²) in [5, 5.41) is 0. The Kier molecular flexibility index (Phi) is 4.94. The Labute approximate surface area is 125 Å². The molecule has 0 radical (unpaired) electrons. The number of rotatable bonds is 5. The smallest absolute Gasteiger partial charge is 0.220 e. The Morgan fingerprint density at radius 3 is 2.38 bits per heavy atom. The SMILES string of the molecule is COc1ccc(C2CCCC(C(N)=O)C2)c(OC)c1OC. The molecule has 1 aliphatic carbocycles. The zero-order valence-corrected chi connectivity index (χ0v) is 12.8. The highest BCUT2D eigenvalue weighted by atomic mass is 16.5. The summed E-state index contributed by atoms with van der Waals surface area (Å²) in [6, 6.07) is 3.87. The molecule has 116 valence electrons. The average molecular weight is 293 g/mol. The third-order valence-corrected chi connectivity index (χ3v) is 4.25. The molecule has 5 heteroatoms. The fourth-order valence-corrected chi connectivity index (χ4v) is 3.18. The normalized spacial score (nSPS) is 21.7. The lowest BCUT2D eigenvalue weighted by molar-refractivity contribution is -0.122. The summed E-state index contributed by atoms with van der Waals surface area (Å²) in [4.78, 5) is 11.5. The molecule has 1 aliphatic rings. The van der Waals surface area contributed by atoms with Crippen LogP contribution in [-0.4, -0.2) is 27.2 Å². The molecule has 1 saturated carbocycles. The van der Waals surface area contributed by atoms with Crippen LogP contribution in [0.3, 0.4) is 0 Å². The minimum atomic E-state index is -0.209. The van der Waals surface area contributed by atoms with Gasteiger partial charge in [0, 0.05) is 11.5 Å². The fraction of sp³-hybridized carbons (Fsp3) is 0.562. The second kappa shape index (κ2) is 6.70. The van der Waals surface area contributed by atoms with Crippen molar-refractivity contribution in [1.82, 2.24) is 0 Å². The number of nitrogens with two attached hydrogens (primary N) is 1. The van der Waals surface area contributed by atoms with Crippen LogP contribution in [0.5, 0.6) is 17.2 Å². The van der Waals surface area contributed by atoms with Gasteiger partial charge in [0.05, 0.1) is 21.3 Å². The van der Waals surface area contributed by atoms with Gasteiger partial charge in [0.25, 0.3) is 0 Å². The van der Waals surface area contributed by atoms with Crippen molar-refractivity contribution in [3.63, 3.8) is 0 Å². The number of benzene rings is 1. The number of amides is 1. The molecule has 0 spiro atoms. The summed E-state index contributed by atoms with van der Waals surface area (Å²) in [5.41, 5.74) is 6.52. The van der Waals surface area contributed by atoms with Crippen LogP contribution in [0, 0.1) is 5.92 Å². The van der Waals surface area contributed by atoms with E-state index in [1.807, 2.05) is 12.1 Å². The van der Waals surface area contributed by atoms with Crippen LogP contribution in [0.15, 0.2) is 12.1 Å². The quantitative estimate of drug-likeness (QED) is 0.905. The second-order valence-corrected chi connectivity index (χ2v) is 5.39. The molecular formula is C16H23NO4. The summed E-state index contributed by atoms with van der Waals surface area (Å²) in [6.07, 6.45) is 3.66. The van der Waals surface area contributed by atoms with Crippen molar-refractivity contribution in [2.75, 3.05) is 21.3 Å². The number of carbonyl (C=O) groups is 1. The topological polar surface area (TPSA) is 70.8 Å². The fourth-order valence-electron chi connectivity index (χ4n) is 3.18. The highest BCUT2D eigenvalue weighted by molar-refractivity contribution is 5.76. The van der Waals surface area contributed by atoms with Crippen molar-refractivity contribution in [1.29, 1.82) is 0 Å². The number of ether oxygens (including phenoxy) is 3. The van der Waals surface area contributed by atoms with Crippen molar-refractivity contribution < 1.29 is 19.0 Å². The van der Waals surface area contributed by atoms with E-state index >= 15 is 0 Å². The first-order valence-corrected chi connectivity index (χ1v) is 7.20. The highest BCUT2D eigenvalue weighted by Gasteiger charge is 2.30. The molecule has 2 unspecified atom stereocenters. The molecule has 2 atom stereocenters. The standard InChI is InChI=1S/C16H23NO4/c1-19-13-8-7-12(14(20-2)15(13)21-3)10-5-4-6-11(9-10)16(17)18/h7-8,10-11H,4-6,9H2,1-3H3,(H2,17,18). The van der Waals surface area contributed by atoms with Crippen LogP contribution in [0.1, 0.15) is 37.2 Å². The predicted molar refractivity (Wildman–Crippen MR) is 80.0 cm³/mol. The van der Waals surface area contributed by atoms with E-state index < -0.39 is 0 Å². The van der Waals surface area contributed by atoms with Crippen LogP contribution < -0.4 is 19.9 Å². The molecule has 0 heterocycles. The Balaban J connectivity index is 2.36. The summed E-state index contributed by atoms with van der Waals surface area (Å²) < 4.78 is 16.3. The summed E-state index contributed by atoms with van der Waals surface area (Å²) >= 11 is 0. The molecule has 21 heavy (non-hydrogen) atoms. The first kappa shape index (κ1) is 15.5.